The van der Waals surface area contributed by atoms with Gasteiger partial charge in [0, 0.05) is 0 Å². The molecule has 0 unspecified atom stereocenters. The van der Waals surface area contributed by atoms with Crippen molar-refractivity contribution >= 4 is 23.9 Å². The summed E-state index contributed by atoms with van der Waals surface area (Å²) in [5.74, 6) is -4.01. The number of hydrogen-bond acceptors (Lipinski definition) is 4. The molecule has 0 bridgehead atoms. The van der Waals surface area contributed by atoms with E-state index in [1.54, 1.807) is 97.1 Å². The summed E-state index contributed by atoms with van der Waals surface area (Å²) in [7, 11) is 0. The first kappa shape index (κ1) is 38.5. The Labute approximate surface area is 344 Å². The van der Waals surface area contributed by atoms with E-state index in [4.69, 9.17) is 0 Å². The molecule has 8 rings (SSSR count). The van der Waals surface area contributed by atoms with Gasteiger partial charge in [-0.15, -0.1) is 0 Å². The molecule has 8 aromatic rings. The topological polar surface area (TPSA) is 149 Å². The second-order valence-corrected chi connectivity index (χ2v) is 14.3. The molecule has 0 amide bonds. The van der Waals surface area contributed by atoms with Gasteiger partial charge in [0.25, 0.3) is 0 Å². The van der Waals surface area contributed by atoms with Gasteiger partial charge < -0.3 is 20.4 Å². The first-order valence-electron chi connectivity index (χ1n) is 18.9. The van der Waals surface area contributed by atoms with Crippen LogP contribution in [0.2, 0.25) is 0 Å². The van der Waals surface area contributed by atoms with Gasteiger partial charge in [0.2, 0.25) is 0 Å². The maximum Gasteiger partial charge on any atom is 0.335 e. The minimum Gasteiger partial charge on any atom is -0.478 e. The predicted molar refractivity (Wildman–Crippen MR) is 232 cm³/mol. The van der Waals surface area contributed by atoms with Gasteiger partial charge in [0.05, 0.1) is 22.3 Å². The molecule has 0 aliphatic heterocycles. The lowest BCUT2D eigenvalue weighted by atomic mass is 9.89. The lowest BCUT2D eigenvalue weighted by Crippen LogP contribution is -1.96. The summed E-state index contributed by atoms with van der Waals surface area (Å²) in [6.07, 6.45) is 0. The van der Waals surface area contributed by atoms with E-state index in [1.165, 1.54) is 0 Å². The molecule has 8 aromatic carbocycles. The zero-order valence-corrected chi connectivity index (χ0v) is 31.7. The standard InChI is InChI=1S/C52H34O8/c53-49(54)39-17-9-33(10-18-39)31-1-5-35(6-2-31)43-25-44(36-7-3-32(4-8-36)34-11-19-40(20-12-34)50(55)56)28-47(27-43)48-29-45(37-13-21-41(22-14-37)51(57)58)26-46(30-48)38-15-23-42(24-16-38)52(59)60/h1-30H,(H,53,54)(H,55,56)(H,57,58)(H,59,60). The van der Waals surface area contributed by atoms with E-state index in [9.17, 15) is 39.6 Å². The molecule has 0 saturated carbocycles. The molecule has 0 saturated heterocycles. The molecule has 0 aromatic heterocycles. The molecule has 0 fully saturated rings. The molecule has 0 radical (unpaired) electrons. The van der Waals surface area contributed by atoms with Crippen LogP contribution in [0.4, 0.5) is 0 Å². The third kappa shape index (κ3) is 8.20. The highest BCUT2D eigenvalue weighted by molar-refractivity contribution is 5.92. The summed E-state index contributed by atoms with van der Waals surface area (Å²) in [5, 5.41) is 37.8. The normalized spacial score (nSPS) is 10.9. The van der Waals surface area contributed by atoms with Crippen LogP contribution in [0.1, 0.15) is 41.4 Å². The largest absolute Gasteiger partial charge is 0.478 e. The summed E-state index contributed by atoms with van der Waals surface area (Å²) in [5.41, 5.74) is 13.2. The van der Waals surface area contributed by atoms with Gasteiger partial charge in [-0.2, -0.15) is 0 Å². The highest BCUT2D eigenvalue weighted by Gasteiger charge is 2.14. The number of carboxylic acid groups (broad SMARTS) is 4. The van der Waals surface area contributed by atoms with Gasteiger partial charge in [-0.1, -0.05) is 97.1 Å². The maximum atomic E-state index is 11.7. The number of hydrogen-bond donors (Lipinski definition) is 4. The molecular formula is C52H34O8. The zero-order valence-electron chi connectivity index (χ0n) is 31.7. The lowest BCUT2D eigenvalue weighted by Gasteiger charge is -2.15. The minimum absolute atomic E-state index is 0.170. The third-order valence-corrected chi connectivity index (χ3v) is 10.5. The van der Waals surface area contributed by atoms with Crippen LogP contribution in [0.15, 0.2) is 182 Å². The van der Waals surface area contributed by atoms with E-state index in [1.807, 2.05) is 54.6 Å². The Kier molecular flexibility index (Phi) is 10.4. The van der Waals surface area contributed by atoms with E-state index >= 15 is 0 Å². The number of carbonyl (C=O) groups is 4. The van der Waals surface area contributed by atoms with Gasteiger partial charge in [-0.3, -0.25) is 0 Å². The monoisotopic (exact) mass is 786 g/mol. The van der Waals surface area contributed by atoms with Crippen molar-refractivity contribution in [2.24, 2.45) is 0 Å². The van der Waals surface area contributed by atoms with E-state index in [-0.39, 0.29) is 22.3 Å². The highest BCUT2D eigenvalue weighted by Crippen LogP contribution is 2.38. The van der Waals surface area contributed by atoms with Crippen molar-refractivity contribution in [3.63, 3.8) is 0 Å². The number of aromatic carboxylic acids is 4. The summed E-state index contributed by atoms with van der Waals surface area (Å²) in [6.45, 7) is 0. The molecular weight excluding hydrogens is 753 g/mol. The molecule has 0 aliphatic rings. The van der Waals surface area contributed by atoms with Crippen molar-refractivity contribution in [2.75, 3.05) is 0 Å². The van der Waals surface area contributed by atoms with Crippen LogP contribution < -0.4 is 0 Å². The predicted octanol–water partition coefficient (Wildman–Crippen LogP) is 12.1. The summed E-state index contributed by atoms with van der Waals surface area (Å²) in [6, 6.07) is 55.5. The van der Waals surface area contributed by atoms with E-state index in [0.717, 1.165) is 77.9 Å². The van der Waals surface area contributed by atoms with E-state index in [2.05, 4.69) is 30.3 Å². The minimum atomic E-state index is -1.02. The lowest BCUT2D eigenvalue weighted by molar-refractivity contribution is 0.0686. The number of rotatable bonds is 11. The van der Waals surface area contributed by atoms with Gasteiger partial charge in [0.1, 0.15) is 0 Å². The van der Waals surface area contributed by atoms with Crippen molar-refractivity contribution < 1.29 is 39.6 Å². The Bertz CT molecular complexity index is 2720. The van der Waals surface area contributed by atoms with Crippen molar-refractivity contribution in [2.45, 2.75) is 0 Å². The van der Waals surface area contributed by atoms with Gasteiger partial charge >= 0.3 is 23.9 Å². The molecule has 0 spiro atoms. The van der Waals surface area contributed by atoms with E-state index in [0.29, 0.717) is 0 Å². The van der Waals surface area contributed by atoms with Crippen molar-refractivity contribution in [1.82, 2.24) is 0 Å². The van der Waals surface area contributed by atoms with Crippen LogP contribution in [-0.4, -0.2) is 44.3 Å². The van der Waals surface area contributed by atoms with Gasteiger partial charge in [-0.05, 0) is 163 Å². The molecule has 60 heavy (non-hydrogen) atoms. The Balaban J connectivity index is 1.26. The Hall–Kier alpha value is -8.36. The van der Waals surface area contributed by atoms with Crippen molar-refractivity contribution in [1.29, 1.82) is 0 Å². The average Bonchev–Trinajstić information content (AvgIpc) is 3.29. The van der Waals surface area contributed by atoms with Crippen molar-refractivity contribution in [3.8, 4) is 77.9 Å². The molecule has 0 aliphatic carbocycles. The molecule has 4 N–H and O–H groups in total. The van der Waals surface area contributed by atoms with Crippen LogP contribution in [0.25, 0.3) is 77.9 Å². The molecule has 8 nitrogen and oxygen atoms in total. The fraction of sp³-hybridized carbons (Fsp3) is 0. The van der Waals surface area contributed by atoms with Crippen LogP contribution in [0.3, 0.4) is 0 Å². The summed E-state index contributed by atoms with van der Waals surface area (Å²) < 4.78 is 0. The molecule has 0 atom stereocenters. The highest BCUT2D eigenvalue weighted by atomic mass is 16.4. The summed E-state index contributed by atoms with van der Waals surface area (Å²) in [4.78, 5) is 46.2. The number of carboxylic acids is 4. The van der Waals surface area contributed by atoms with Gasteiger partial charge in [0.15, 0.2) is 0 Å². The Morgan fingerprint density at radius 1 is 0.200 bits per heavy atom. The second-order valence-electron chi connectivity index (χ2n) is 14.3. The fourth-order valence-corrected chi connectivity index (χ4v) is 7.19. The van der Waals surface area contributed by atoms with Crippen molar-refractivity contribution in [3.05, 3.63) is 204 Å². The molecule has 8 heteroatoms. The average molecular weight is 787 g/mol. The Morgan fingerprint density at radius 3 is 0.467 bits per heavy atom. The SMILES string of the molecule is O=C(O)c1ccc(-c2ccc(-c3cc(-c4ccc(-c5ccc(C(=O)O)cc5)cc4)cc(-c4cc(-c5ccc(C(=O)O)cc5)cc(-c5ccc(C(=O)O)cc5)c4)c3)cc2)cc1. The number of benzene rings is 8. The van der Waals surface area contributed by atoms with Crippen LogP contribution in [0.5, 0.6) is 0 Å². The Morgan fingerprint density at radius 2 is 0.317 bits per heavy atom. The summed E-state index contributed by atoms with van der Waals surface area (Å²) >= 11 is 0. The first-order chi connectivity index (χ1) is 29.0. The van der Waals surface area contributed by atoms with Crippen LogP contribution in [0, 0.1) is 0 Å². The zero-order chi connectivity index (χ0) is 41.9. The second kappa shape index (κ2) is 16.2. The molecule has 0 heterocycles. The quantitative estimate of drug-likeness (QED) is 0.101. The fourth-order valence-electron chi connectivity index (χ4n) is 7.19. The first-order valence-corrected chi connectivity index (χ1v) is 18.9. The maximum absolute atomic E-state index is 11.7. The van der Waals surface area contributed by atoms with Crippen LogP contribution >= 0.6 is 0 Å². The smallest absolute Gasteiger partial charge is 0.335 e. The third-order valence-electron chi connectivity index (χ3n) is 10.5. The molecule has 290 valence electrons. The van der Waals surface area contributed by atoms with Gasteiger partial charge in [-0.25, -0.2) is 19.2 Å². The van der Waals surface area contributed by atoms with Crippen LogP contribution in [-0.2, 0) is 0 Å². The van der Waals surface area contributed by atoms with E-state index < -0.39 is 23.9 Å².